The van der Waals surface area contributed by atoms with Gasteiger partial charge >= 0.3 is 0 Å². The van der Waals surface area contributed by atoms with Crippen LogP contribution in [0.4, 0.5) is 0 Å². The molecule has 0 bridgehead atoms. The summed E-state index contributed by atoms with van der Waals surface area (Å²) in [6.45, 7) is 6.16. The number of hydrogen-bond acceptors (Lipinski definition) is 0. The summed E-state index contributed by atoms with van der Waals surface area (Å²) in [6.07, 6.45) is 19.8. The predicted octanol–water partition coefficient (Wildman–Crippen LogP) is 6.30. The van der Waals surface area contributed by atoms with E-state index in [-0.39, 0.29) is 21.7 Å². The fraction of sp³-hybridized carbons (Fsp3) is 0.938. The van der Waals surface area contributed by atoms with E-state index >= 15 is 0 Å². The summed E-state index contributed by atoms with van der Waals surface area (Å²) in [6, 6.07) is 0. The molecular formula is C16H33Ti-. The molecule has 102 valence electrons. The Morgan fingerprint density at radius 1 is 0.529 bits per heavy atom. The van der Waals surface area contributed by atoms with Crippen LogP contribution in [0.15, 0.2) is 0 Å². The third-order valence-electron chi connectivity index (χ3n) is 3.35. The van der Waals surface area contributed by atoms with Crippen molar-refractivity contribution in [3.05, 3.63) is 6.92 Å². The minimum Gasteiger partial charge on any atom is -0.343 e. The standard InChI is InChI=1S/C16H33.Ti/c1-3-5-7-9-11-13-15-16-14-12-10-8-6-4-2;/h1,3-16H2,2H3;/q-1;. The molecule has 0 amide bonds. The SMILES string of the molecule is [CH2-]CCCCCCCCCCCCCCC.[Ti]. The molecule has 0 atom stereocenters. The molecule has 0 aliphatic carbocycles. The van der Waals surface area contributed by atoms with Crippen molar-refractivity contribution in [2.75, 3.05) is 0 Å². The van der Waals surface area contributed by atoms with Crippen LogP contribution in [-0.4, -0.2) is 0 Å². The van der Waals surface area contributed by atoms with Gasteiger partial charge in [0.2, 0.25) is 0 Å². The van der Waals surface area contributed by atoms with E-state index in [2.05, 4.69) is 13.8 Å². The molecule has 0 radical (unpaired) electrons. The Balaban J connectivity index is 0. The summed E-state index contributed by atoms with van der Waals surface area (Å²) in [5, 5.41) is 0. The maximum absolute atomic E-state index is 3.87. The van der Waals surface area contributed by atoms with Crippen LogP contribution in [0.3, 0.4) is 0 Å². The second-order valence-corrected chi connectivity index (χ2v) is 5.10. The molecule has 0 heterocycles. The fourth-order valence-corrected chi connectivity index (χ4v) is 2.19. The molecule has 1 heteroatoms. The van der Waals surface area contributed by atoms with Gasteiger partial charge in [-0.25, -0.2) is 0 Å². The Morgan fingerprint density at radius 2 is 0.824 bits per heavy atom. The summed E-state index contributed by atoms with van der Waals surface area (Å²) in [7, 11) is 0. The van der Waals surface area contributed by atoms with Crippen molar-refractivity contribution in [1.29, 1.82) is 0 Å². The van der Waals surface area contributed by atoms with Crippen LogP contribution in [0.25, 0.3) is 0 Å². The van der Waals surface area contributed by atoms with Crippen molar-refractivity contribution >= 4 is 0 Å². The van der Waals surface area contributed by atoms with Crippen LogP contribution in [0, 0.1) is 6.92 Å². The molecule has 0 unspecified atom stereocenters. The van der Waals surface area contributed by atoms with Gasteiger partial charge in [0.1, 0.15) is 0 Å². The Bertz CT molecular complexity index is 98.1. The second-order valence-electron chi connectivity index (χ2n) is 5.10. The minimum absolute atomic E-state index is 0. The zero-order chi connectivity index (χ0) is 11.9. The van der Waals surface area contributed by atoms with E-state index in [0.29, 0.717) is 0 Å². The Kier molecular flexibility index (Phi) is 22.5. The van der Waals surface area contributed by atoms with Gasteiger partial charge in [-0.05, 0) is 0 Å². The molecule has 0 saturated heterocycles. The third kappa shape index (κ3) is 19.2. The third-order valence-corrected chi connectivity index (χ3v) is 3.35. The van der Waals surface area contributed by atoms with Crippen molar-refractivity contribution in [3.8, 4) is 0 Å². The average Bonchev–Trinajstić information content (AvgIpc) is 2.31. The van der Waals surface area contributed by atoms with E-state index in [1.54, 1.807) is 0 Å². The topological polar surface area (TPSA) is 0 Å². The maximum Gasteiger partial charge on any atom is 0 e. The summed E-state index contributed by atoms with van der Waals surface area (Å²) in [5.74, 6) is 0. The second kappa shape index (κ2) is 19.1. The molecule has 0 nitrogen and oxygen atoms in total. The average molecular weight is 273 g/mol. The van der Waals surface area contributed by atoms with E-state index in [9.17, 15) is 0 Å². The summed E-state index contributed by atoms with van der Waals surface area (Å²) in [4.78, 5) is 0. The van der Waals surface area contributed by atoms with Crippen LogP contribution in [0.2, 0.25) is 0 Å². The molecule has 0 aliphatic rings. The van der Waals surface area contributed by atoms with E-state index < -0.39 is 0 Å². The van der Waals surface area contributed by atoms with Crippen molar-refractivity contribution < 1.29 is 21.7 Å². The van der Waals surface area contributed by atoms with E-state index in [1.807, 2.05) is 0 Å². The quantitative estimate of drug-likeness (QED) is 0.210. The number of hydrogen-bond donors (Lipinski definition) is 0. The molecule has 0 rings (SSSR count). The van der Waals surface area contributed by atoms with Crippen LogP contribution in [0.5, 0.6) is 0 Å². The number of rotatable bonds is 13. The van der Waals surface area contributed by atoms with Gasteiger partial charge in [0, 0.05) is 21.7 Å². The van der Waals surface area contributed by atoms with Gasteiger partial charge < -0.3 is 6.92 Å². The monoisotopic (exact) mass is 273 g/mol. The van der Waals surface area contributed by atoms with E-state index in [1.165, 1.54) is 83.5 Å². The maximum atomic E-state index is 3.87. The van der Waals surface area contributed by atoms with Gasteiger partial charge in [0.25, 0.3) is 0 Å². The first-order chi connectivity index (χ1) is 7.91. The van der Waals surface area contributed by atoms with Crippen LogP contribution in [0.1, 0.15) is 96.8 Å². The van der Waals surface area contributed by atoms with E-state index in [4.69, 9.17) is 0 Å². The molecule has 0 aromatic rings. The molecule has 0 spiro atoms. The largest absolute Gasteiger partial charge is 0.343 e. The smallest absolute Gasteiger partial charge is 0 e. The van der Waals surface area contributed by atoms with E-state index in [0.717, 1.165) is 6.42 Å². The predicted molar refractivity (Wildman–Crippen MR) is 75.7 cm³/mol. The van der Waals surface area contributed by atoms with Gasteiger partial charge in [0.05, 0.1) is 0 Å². The molecule has 0 aromatic carbocycles. The van der Waals surface area contributed by atoms with Gasteiger partial charge in [-0.15, -0.1) is 0 Å². The molecule has 0 N–H and O–H groups in total. The van der Waals surface area contributed by atoms with Crippen molar-refractivity contribution in [2.24, 2.45) is 0 Å². The first-order valence-corrected chi connectivity index (χ1v) is 7.71. The van der Waals surface area contributed by atoms with Crippen LogP contribution < -0.4 is 0 Å². The van der Waals surface area contributed by atoms with Gasteiger partial charge in [0.15, 0.2) is 0 Å². The van der Waals surface area contributed by atoms with Gasteiger partial charge in [-0.2, -0.15) is 6.42 Å². The van der Waals surface area contributed by atoms with Crippen LogP contribution in [-0.2, 0) is 21.7 Å². The van der Waals surface area contributed by atoms with Gasteiger partial charge in [-0.1, -0.05) is 90.4 Å². The zero-order valence-corrected chi connectivity index (χ0v) is 13.7. The van der Waals surface area contributed by atoms with Crippen LogP contribution >= 0.6 is 0 Å². The summed E-state index contributed by atoms with van der Waals surface area (Å²) >= 11 is 0. The summed E-state index contributed by atoms with van der Waals surface area (Å²) in [5.41, 5.74) is 0. The van der Waals surface area contributed by atoms with Gasteiger partial charge in [-0.3, -0.25) is 0 Å². The molecule has 17 heavy (non-hydrogen) atoms. The fourth-order valence-electron chi connectivity index (χ4n) is 2.19. The Hall–Kier alpha value is 0.714. The first-order valence-electron chi connectivity index (χ1n) is 7.71. The molecule has 0 fully saturated rings. The Morgan fingerprint density at radius 3 is 1.12 bits per heavy atom. The normalized spacial score (nSPS) is 10.2. The van der Waals surface area contributed by atoms with Crippen molar-refractivity contribution in [3.63, 3.8) is 0 Å². The first kappa shape index (κ1) is 20.0. The number of unbranched alkanes of at least 4 members (excludes halogenated alkanes) is 13. The summed E-state index contributed by atoms with van der Waals surface area (Å²) < 4.78 is 0. The molecule has 0 saturated carbocycles. The zero-order valence-electron chi connectivity index (χ0n) is 12.1. The Labute approximate surface area is 125 Å². The molecule has 0 aromatic heterocycles. The molecule has 0 aliphatic heterocycles. The molecular weight excluding hydrogens is 240 g/mol. The minimum atomic E-state index is 0. The van der Waals surface area contributed by atoms with Crippen molar-refractivity contribution in [2.45, 2.75) is 96.8 Å². The van der Waals surface area contributed by atoms with Crippen molar-refractivity contribution in [1.82, 2.24) is 0 Å².